The molecule has 1 N–H and O–H groups in total. The van der Waals surface area contributed by atoms with Crippen LogP contribution in [-0.4, -0.2) is 65.4 Å². The van der Waals surface area contributed by atoms with Gasteiger partial charge in [-0.05, 0) is 31.6 Å². The van der Waals surface area contributed by atoms with Gasteiger partial charge in [0.05, 0.1) is 0 Å². The smallest absolute Gasteiger partial charge is 0.326 e. The average Bonchev–Trinajstić information content (AvgIpc) is 3.14. The van der Waals surface area contributed by atoms with Gasteiger partial charge in [-0.15, -0.1) is 0 Å². The number of rotatable bonds is 4. The minimum atomic E-state index is -0.836. The van der Waals surface area contributed by atoms with Crippen molar-refractivity contribution in [1.82, 2.24) is 15.1 Å². The highest BCUT2D eigenvalue weighted by Gasteiger charge is 2.52. The van der Waals surface area contributed by atoms with E-state index in [9.17, 15) is 19.2 Å². The third kappa shape index (κ3) is 3.62. The lowest BCUT2D eigenvalue weighted by Crippen LogP contribution is -2.45. The third-order valence-electron chi connectivity index (χ3n) is 5.36. The minimum Gasteiger partial charge on any atom is -0.454 e. The van der Waals surface area contributed by atoms with Crippen LogP contribution in [0.2, 0.25) is 0 Å². The number of carbonyl (C=O) groups excluding carboxylic acids is 4. The number of hydrogen-bond donors (Lipinski definition) is 1. The lowest BCUT2D eigenvalue weighted by Gasteiger charge is -2.30. The highest BCUT2D eigenvalue weighted by molar-refractivity contribution is 6.08. The van der Waals surface area contributed by atoms with E-state index in [4.69, 9.17) is 4.74 Å². The van der Waals surface area contributed by atoms with Gasteiger partial charge in [-0.25, -0.2) is 4.79 Å². The molecule has 1 atom stereocenters. The van der Waals surface area contributed by atoms with Crippen molar-refractivity contribution in [1.29, 1.82) is 0 Å². The second-order valence-corrected chi connectivity index (χ2v) is 7.36. The van der Waals surface area contributed by atoms with E-state index in [0.717, 1.165) is 30.6 Å². The molecule has 3 rings (SSSR count). The molecule has 0 aromatic rings. The van der Waals surface area contributed by atoms with Crippen LogP contribution in [0, 0.1) is 5.92 Å². The lowest BCUT2D eigenvalue weighted by atomic mass is 9.98. The Labute approximate surface area is 146 Å². The second kappa shape index (κ2) is 7.01. The van der Waals surface area contributed by atoms with Crippen LogP contribution < -0.4 is 5.32 Å². The van der Waals surface area contributed by atoms with Crippen LogP contribution in [0.15, 0.2) is 0 Å². The molecule has 2 aliphatic heterocycles. The molecule has 0 aromatic carbocycles. The number of likely N-dealkylation sites (tertiary alicyclic amines) is 1. The standard InChI is InChI=1S/C17H25N3O5/c1-12-5-4-8-19(9-12)13(21)11-25-14(22)10-20-15(23)17(18-16(20)24)6-2-3-7-17/h12H,2-11H2,1H3,(H,18,24)/t12-/m1/s1. The zero-order chi connectivity index (χ0) is 18.0. The van der Waals surface area contributed by atoms with E-state index in [2.05, 4.69) is 12.2 Å². The Morgan fingerprint density at radius 3 is 2.64 bits per heavy atom. The van der Waals surface area contributed by atoms with E-state index in [1.165, 1.54) is 0 Å². The van der Waals surface area contributed by atoms with Gasteiger partial charge in [-0.3, -0.25) is 19.3 Å². The van der Waals surface area contributed by atoms with E-state index in [1.807, 2.05) is 0 Å². The fourth-order valence-corrected chi connectivity index (χ4v) is 3.96. The Balaban J connectivity index is 1.48. The molecule has 0 aromatic heterocycles. The molecule has 1 aliphatic carbocycles. The van der Waals surface area contributed by atoms with Gasteiger partial charge >= 0.3 is 12.0 Å². The summed E-state index contributed by atoms with van der Waals surface area (Å²) in [6.45, 7) is 2.64. The largest absolute Gasteiger partial charge is 0.454 e. The van der Waals surface area contributed by atoms with Crippen LogP contribution in [0.3, 0.4) is 0 Å². The summed E-state index contributed by atoms with van der Waals surface area (Å²) in [5, 5.41) is 2.71. The van der Waals surface area contributed by atoms with Crippen LogP contribution in [0.1, 0.15) is 45.4 Å². The molecule has 3 aliphatic rings. The molecule has 2 saturated heterocycles. The summed E-state index contributed by atoms with van der Waals surface area (Å²) in [4.78, 5) is 51.2. The van der Waals surface area contributed by atoms with Gasteiger partial charge in [0.2, 0.25) is 0 Å². The van der Waals surface area contributed by atoms with Crippen LogP contribution in [-0.2, 0) is 19.1 Å². The molecule has 8 heteroatoms. The summed E-state index contributed by atoms with van der Waals surface area (Å²) in [7, 11) is 0. The number of esters is 1. The molecule has 0 bridgehead atoms. The molecule has 138 valence electrons. The lowest BCUT2D eigenvalue weighted by molar-refractivity contribution is -0.154. The molecule has 25 heavy (non-hydrogen) atoms. The summed E-state index contributed by atoms with van der Waals surface area (Å²) in [5.74, 6) is -0.883. The molecule has 0 radical (unpaired) electrons. The Kier molecular flexibility index (Phi) is 4.96. The van der Waals surface area contributed by atoms with Crippen molar-refractivity contribution in [2.45, 2.75) is 51.0 Å². The molecular formula is C17H25N3O5. The third-order valence-corrected chi connectivity index (χ3v) is 5.36. The Hall–Kier alpha value is -2.12. The van der Waals surface area contributed by atoms with Gasteiger partial charge in [0.15, 0.2) is 6.61 Å². The Bertz CT molecular complexity index is 585. The molecule has 8 nitrogen and oxygen atoms in total. The summed E-state index contributed by atoms with van der Waals surface area (Å²) >= 11 is 0. The SMILES string of the molecule is C[C@@H]1CCCN(C(=O)COC(=O)CN2C(=O)NC3(CCCC3)C2=O)C1. The first-order valence-electron chi connectivity index (χ1n) is 8.99. The molecule has 3 fully saturated rings. The van der Waals surface area contributed by atoms with Gasteiger partial charge in [0, 0.05) is 13.1 Å². The topological polar surface area (TPSA) is 96.0 Å². The van der Waals surface area contributed by atoms with Crippen molar-refractivity contribution in [3.63, 3.8) is 0 Å². The molecule has 4 amide bonds. The molecule has 0 unspecified atom stereocenters. The molecule has 1 saturated carbocycles. The molecular weight excluding hydrogens is 326 g/mol. The van der Waals surface area contributed by atoms with Crippen molar-refractivity contribution >= 4 is 23.8 Å². The number of nitrogens with zero attached hydrogens (tertiary/aromatic N) is 2. The van der Waals surface area contributed by atoms with E-state index in [1.54, 1.807) is 4.90 Å². The first kappa shape index (κ1) is 17.7. The predicted octanol–water partition coefficient (Wildman–Crippen LogP) is 0.653. The number of nitrogens with one attached hydrogen (secondary N) is 1. The number of carbonyl (C=O) groups is 4. The van der Waals surface area contributed by atoms with E-state index in [0.29, 0.717) is 31.8 Å². The average molecular weight is 351 g/mol. The summed E-state index contributed by atoms with van der Waals surface area (Å²) in [5.41, 5.74) is -0.836. The maximum atomic E-state index is 12.5. The molecule has 1 spiro atoms. The summed E-state index contributed by atoms with van der Waals surface area (Å²) in [6.07, 6.45) is 5.02. The first-order valence-corrected chi connectivity index (χ1v) is 8.99. The van der Waals surface area contributed by atoms with E-state index in [-0.39, 0.29) is 18.4 Å². The van der Waals surface area contributed by atoms with Gasteiger partial charge in [-0.2, -0.15) is 0 Å². The van der Waals surface area contributed by atoms with Crippen molar-refractivity contribution in [2.75, 3.05) is 26.2 Å². The van der Waals surface area contributed by atoms with Crippen LogP contribution >= 0.6 is 0 Å². The maximum absolute atomic E-state index is 12.5. The van der Waals surface area contributed by atoms with Crippen molar-refractivity contribution in [2.24, 2.45) is 5.92 Å². The Morgan fingerprint density at radius 1 is 1.24 bits per heavy atom. The van der Waals surface area contributed by atoms with Gasteiger partial charge in [-0.1, -0.05) is 19.8 Å². The van der Waals surface area contributed by atoms with Crippen LogP contribution in [0.4, 0.5) is 4.79 Å². The van der Waals surface area contributed by atoms with Gasteiger partial charge < -0.3 is 15.0 Å². The summed E-state index contributed by atoms with van der Waals surface area (Å²) in [6, 6.07) is -0.556. The number of imide groups is 1. The second-order valence-electron chi connectivity index (χ2n) is 7.36. The highest BCUT2D eigenvalue weighted by atomic mass is 16.5. The van der Waals surface area contributed by atoms with Crippen molar-refractivity contribution in [3.8, 4) is 0 Å². The number of urea groups is 1. The quantitative estimate of drug-likeness (QED) is 0.593. The number of amides is 4. The molecule has 2 heterocycles. The summed E-state index contributed by atoms with van der Waals surface area (Å²) < 4.78 is 5.00. The van der Waals surface area contributed by atoms with Crippen LogP contribution in [0.25, 0.3) is 0 Å². The van der Waals surface area contributed by atoms with Gasteiger partial charge in [0.1, 0.15) is 12.1 Å². The van der Waals surface area contributed by atoms with Gasteiger partial charge in [0.25, 0.3) is 11.8 Å². The Morgan fingerprint density at radius 2 is 1.96 bits per heavy atom. The zero-order valence-corrected chi connectivity index (χ0v) is 14.6. The predicted molar refractivity (Wildman–Crippen MR) is 87.4 cm³/mol. The number of ether oxygens (including phenoxy) is 1. The van der Waals surface area contributed by atoms with Crippen molar-refractivity contribution < 1.29 is 23.9 Å². The zero-order valence-electron chi connectivity index (χ0n) is 14.6. The fourth-order valence-electron chi connectivity index (χ4n) is 3.96. The number of hydrogen-bond acceptors (Lipinski definition) is 5. The normalized spacial score (nSPS) is 25.4. The van der Waals surface area contributed by atoms with E-state index < -0.39 is 24.1 Å². The highest BCUT2D eigenvalue weighted by Crippen LogP contribution is 2.34. The van der Waals surface area contributed by atoms with E-state index >= 15 is 0 Å². The monoisotopic (exact) mass is 351 g/mol. The first-order chi connectivity index (χ1) is 11.9. The fraction of sp³-hybridized carbons (Fsp3) is 0.765. The maximum Gasteiger partial charge on any atom is 0.326 e. The van der Waals surface area contributed by atoms with Crippen molar-refractivity contribution in [3.05, 3.63) is 0 Å². The van der Waals surface area contributed by atoms with Crippen LogP contribution in [0.5, 0.6) is 0 Å². The number of piperidine rings is 1. The minimum absolute atomic E-state index is 0.232.